The Morgan fingerprint density at radius 3 is 3.00 bits per heavy atom. The van der Waals surface area contributed by atoms with Crippen LogP contribution in [0.4, 0.5) is 0 Å². The zero-order valence-electron chi connectivity index (χ0n) is 14.7. The lowest BCUT2D eigenvalue weighted by molar-refractivity contribution is 0.486. The monoisotopic (exact) mass is 326 g/mol. The molecule has 6 nitrogen and oxygen atoms in total. The van der Waals surface area contributed by atoms with Crippen LogP contribution in [0.15, 0.2) is 35.6 Å². The Bertz CT molecular complexity index is 705. The molecule has 1 aliphatic heterocycles. The lowest BCUT2D eigenvalue weighted by atomic mass is 10.0. The Hall–Kier alpha value is -2.37. The lowest BCUT2D eigenvalue weighted by Gasteiger charge is -2.21. The number of nitrogens with one attached hydrogen (secondary N) is 1. The Morgan fingerprint density at radius 2 is 2.29 bits per heavy atom. The average molecular weight is 326 g/mol. The second-order valence-electron chi connectivity index (χ2n) is 6.32. The Labute approximate surface area is 143 Å². The van der Waals surface area contributed by atoms with Gasteiger partial charge in [-0.05, 0) is 38.0 Å². The molecule has 0 amide bonds. The van der Waals surface area contributed by atoms with E-state index in [1.807, 2.05) is 43.0 Å². The summed E-state index contributed by atoms with van der Waals surface area (Å²) in [6, 6.07) is 6.08. The summed E-state index contributed by atoms with van der Waals surface area (Å²) in [6.07, 6.45) is 5.24. The zero-order chi connectivity index (χ0) is 16.9. The third-order valence-electron chi connectivity index (χ3n) is 4.36. The molecule has 2 aromatic rings. The summed E-state index contributed by atoms with van der Waals surface area (Å²) in [5.41, 5.74) is 3.36. The van der Waals surface area contributed by atoms with E-state index in [-0.39, 0.29) is 0 Å². The van der Waals surface area contributed by atoms with E-state index in [4.69, 9.17) is 4.99 Å². The van der Waals surface area contributed by atoms with E-state index in [0.29, 0.717) is 12.5 Å². The summed E-state index contributed by atoms with van der Waals surface area (Å²) >= 11 is 0. The predicted octanol–water partition coefficient (Wildman–Crippen LogP) is 2.08. The highest BCUT2D eigenvalue weighted by atomic mass is 15.3. The van der Waals surface area contributed by atoms with Crippen LogP contribution in [0.2, 0.25) is 0 Å². The molecule has 1 fully saturated rings. The molecule has 3 rings (SSSR count). The van der Waals surface area contributed by atoms with Gasteiger partial charge in [-0.3, -0.25) is 9.67 Å². The van der Waals surface area contributed by atoms with Crippen molar-refractivity contribution in [2.75, 3.05) is 19.6 Å². The summed E-state index contributed by atoms with van der Waals surface area (Å²) in [6.45, 7) is 7.60. The highest BCUT2D eigenvalue weighted by Crippen LogP contribution is 2.26. The van der Waals surface area contributed by atoms with Gasteiger partial charge in [0.2, 0.25) is 0 Å². The third-order valence-corrected chi connectivity index (χ3v) is 4.36. The minimum atomic E-state index is 0.527. The molecule has 0 aromatic carbocycles. The summed E-state index contributed by atoms with van der Waals surface area (Å²) in [5, 5.41) is 7.71. The number of hydrogen-bond donors (Lipinski definition) is 1. The maximum absolute atomic E-state index is 4.79. The van der Waals surface area contributed by atoms with Crippen LogP contribution < -0.4 is 5.32 Å². The van der Waals surface area contributed by atoms with Gasteiger partial charge >= 0.3 is 0 Å². The van der Waals surface area contributed by atoms with Gasteiger partial charge in [-0.1, -0.05) is 6.07 Å². The molecule has 0 radical (unpaired) electrons. The first-order valence-electron chi connectivity index (χ1n) is 8.60. The molecular formula is C18H26N6. The molecule has 0 bridgehead atoms. The predicted molar refractivity (Wildman–Crippen MR) is 95.9 cm³/mol. The number of nitrogens with zero attached hydrogens (tertiary/aromatic N) is 5. The highest BCUT2D eigenvalue weighted by molar-refractivity contribution is 5.80. The average Bonchev–Trinajstić information content (AvgIpc) is 3.20. The normalized spacial score (nSPS) is 18.2. The number of hydrogen-bond acceptors (Lipinski definition) is 3. The SMILES string of the molecule is CCNC(=NCc1cccc(C)n1)N1CCC(c2cnn(C)c2)C1. The van der Waals surface area contributed by atoms with E-state index in [1.54, 1.807) is 0 Å². The van der Waals surface area contributed by atoms with E-state index in [1.165, 1.54) is 5.56 Å². The van der Waals surface area contributed by atoms with Crippen molar-refractivity contribution in [2.24, 2.45) is 12.0 Å². The van der Waals surface area contributed by atoms with E-state index in [9.17, 15) is 0 Å². The smallest absolute Gasteiger partial charge is 0.194 e. The highest BCUT2D eigenvalue weighted by Gasteiger charge is 2.26. The second-order valence-corrected chi connectivity index (χ2v) is 6.32. The number of guanidine groups is 1. The molecule has 24 heavy (non-hydrogen) atoms. The Morgan fingerprint density at radius 1 is 1.42 bits per heavy atom. The van der Waals surface area contributed by atoms with Gasteiger partial charge in [-0.25, -0.2) is 4.99 Å². The number of pyridine rings is 1. The molecule has 1 N–H and O–H groups in total. The first kappa shape index (κ1) is 16.5. The van der Waals surface area contributed by atoms with Crippen LogP contribution in [0.1, 0.15) is 36.2 Å². The van der Waals surface area contributed by atoms with E-state index in [0.717, 1.165) is 43.4 Å². The van der Waals surface area contributed by atoms with Crippen molar-refractivity contribution in [3.63, 3.8) is 0 Å². The zero-order valence-corrected chi connectivity index (χ0v) is 14.7. The largest absolute Gasteiger partial charge is 0.357 e. The van der Waals surface area contributed by atoms with Crippen LogP contribution in [-0.2, 0) is 13.6 Å². The molecule has 6 heteroatoms. The third kappa shape index (κ3) is 3.93. The van der Waals surface area contributed by atoms with Crippen molar-refractivity contribution in [3.8, 4) is 0 Å². The number of aromatic nitrogens is 3. The minimum absolute atomic E-state index is 0.527. The van der Waals surface area contributed by atoms with Crippen molar-refractivity contribution in [1.29, 1.82) is 0 Å². The van der Waals surface area contributed by atoms with Crippen LogP contribution >= 0.6 is 0 Å². The fourth-order valence-electron chi connectivity index (χ4n) is 3.14. The molecule has 0 spiro atoms. The molecule has 1 unspecified atom stereocenters. The van der Waals surface area contributed by atoms with Gasteiger partial charge in [0.25, 0.3) is 0 Å². The molecule has 1 atom stereocenters. The lowest BCUT2D eigenvalue weighted by Crippen LogP contribution is -2.40. The van der Waals surface area contributed by atoms with Crippen LogP contribution in [0.3, 0.4) is 0 Å². The van der Waals surface area contributed by atoms with Crippen LogP contribution in [-0.4, -0.2) is 45.3 Å². The standard InChI is InChI=1S/C18H26N6/c1-4-19-18(20-11-17-7-5-6-14(2)22-17)24-9-8-15(13-24)16-10-21-23(3)12-16/h5-7,10,12,15H,4,8-9,11,13H2,1-3H3,(H,19,20). The minimum Gasteiger partial charge on any atom is -0.357 e. The summed E-state index contributed by atoms with van der Waals surface area (Å²) in [7, 11) is 1.97. The molecule has 2 aromatic heterocycles. The quantitative estimate of drug-likeness (QED) is 0.690. The maximum atomic E-state index is 4.79. The van der Waals surface area contributed by atoms with Crippen LogP contribution in [0.5, 0.6) is 0 Å². The first-order chi connectivity index (χ1) is 11.7. The van der Waals surface area contributed by atoms with Gasteiger partial charge in [0.05, 0.1) is 18.4 Å². The summed E-state index contributed by atoms with van der Waals surface area (Å²) in [5.74, 6) is 1.51. The number of rotatable bonds is 4. The van der Waals surface area contributed by atoms with Gasteiger partial charge in [0.15, 0.2) is 5.96 Å². The van der Waals surface area contributed by atoms with Crippen molar-refractivity contribution in [3.05, 3.63) is 47.5 Å². The van der Waals surface area contributed by atoms with Crippen LogP contribution in [0.25, 0.3) is 0 Å². The topological polar surface area (TPSA) is 58.3 Å². The second kappa shape index (κ2) is 7.47. The number of aryl methyl sites for hydroxylation is 2. The molecule has 128 valence electrons. The molecule has 3 heterocycles. The Kier molecular flexibility index (Phi) is 5.13. The van der Waals surface area contributed by atoms with Gasteiger partial charge in [-0.15, -0.1) is 0 Å². The van der Waals surface area contributed by atoms with Crippen molar-refractivity contribution in [2.45, 2.75) is 32.7 Å². The first-order valence-corrected chi connectivity index (χ1v) is 8.60. The molecule has 0 saturated carbocycles. The summed E-state index contributed by atoms with van der Waals surface area (Å²) < 4.78 is 1.88. The molecule has 0 aliphatic carbocycles. The molecular weight excluding hydrogens is 300 g/mol. The van der Waals surface area contributed by atoms with Gasteiger partial charge in [0.1, 0.15) is 0 Å². The fourth-order valence-corrected chi connectivity index (χ4v) is 3.14. The van der Waals surface area contributed by atoms with Crippen molar-refractivity contribution in [1.82, 2.24) is 25.0 Å². The van der Waals surface area contributed by atoms with Crippen molar-refractivity contribution < 1.29 is 0 Å². The van der Waals surface area contributed by atoms with Crippen molar-refractivity contribution >= 4 is 5.96 Å². The van der Waals surface area contributed by atoms with Gasteiger partial charge in [0, 0.05) is 44.5 Å². The number of aliphatic imine (C=N–C) groups is 1. The van der Waals surface area contributed by atoms with E-state index in [2.05, 4.69) is 33.4 Å². The molecule has 1 aliphatic rings. The number of likely N-dealkylation sites (tertiary alicyclic amines) is 1. The van der Waals surface area contributed by atoms with Gasteiger partial charge in [-0.2, -0.15) is 5.10 Å². The van der Waals surface area contributed by atoms with E-state index >= 15 is 0 Å². The summed E-state index contributed by atoms with van der Waals surface area (Å²) in [4.78, 5) is 11.7. The van der Waals surface area contributed by atoms with Crippen LogP contribution in [0, 0.1) is 6.92 Å². The van der Waals surface area contributed by atoms with E-state index < -0.39 is 0 Å². The fraction of sp³-hybridized carbons (Fsp3) is 0.500. The molecule has 1 saturated heterocycles. The maximum Gasteiger partial charge on any atom is 0.194 e. The van der Waals surface area contributed by atoms with Gasteiger partial charge < -0.3 is 10.2 Å². The Balaban J connectivity index is 1.68.